The van der Waals surface area contributed by atoms with E-state index in [1.54, 1.807) is 13.8 Å². The first kappa shape index (κ1) is 31.7. The van der Waals surface area contributed by atoms with Crippen molar-refractivity contribution < 1.29 is 54.9 Å². The molecule has 234 valence electrons. The fourth-order valence-corrected chi connectivity index (χ4v) is 4.72. The normalized spacial score (nSPS) is 17.2. The Labute approximate surface area is 253 Å². The highest BCUT2D eigenvalue weighted by atomic mass is 19.2. The number of hydrogen-bond donors (Lipinski definition) is 0. The van der Waals surface area contributed by atoms with Gasteiger partial charge in [0, 0.05) is 0 Å². The first-order valence-corrected chi connectivity index (χ1v) is 13.5. The SMILES string of the molecule is CC1(C)O[C@H](COC(=O)c2ccc(-c3cc(F)c(F)c(F)c3)cc2)[C@@H](COC(=O)c2ccc(-c3cc(F)c(F)c(F)c3)cc2)O1. The standard InChI is InChI=1S/C33H24F6O6/c1-33(2)44-27(15-42-31(40)19-7-3-17(4-8-19)21-11-23(34)29(38)24(35)12-21)28(45-33)16-43-32(41)20-9-5-18(6-10-20)22-13-25(36)30(39)26(37)14-22/h3-14,27-28H,15-16H2,1-2H3/t27-,28-/m1/s1. The van der Waals surface area contributed by atoms with Crippen molar-refractivity contribution in [3.8, 4) is 22.3 Å². The molecule has 0 radical (unpaired) electrons. The third-order valence-corrected chi connectivity index (χ3v) is 6.92. The highest BCUT2D eigenvalue weighted by Gasteiger charge is 2.42. The predicted octanol–water partition coefficient (Wildman–Crippen LogP) is 7.39. The van der Waals surface area contributed by atoms with Crippen LogP contribution in [0.3, 0.4) is 0 Å². The van der Waals surface area contributed by atoms with Gasteiger partial charge in [-0.1, -0.05) is 24.3 Å². The number of halogens is 6. The van der Waals surface area contributed by atoms with E-state index in [9.17, 15) is 35.9 Å². The number of benzene rings is 4. The summed E-state index contributed by atoms with van der Waals surface area (Å²) in [7, 11) is 0. The van der Waals surface area contributed by atoms with Crippen LogP contribution < -0.4 is 0 Å². The minimum atomic E-state index is -1.58. The molecule has 1 aliphatic rings. The van der Waals surface area contributed by atoms with Gasteiger partial charge in [0.05, 0.1) is 11.1 Å². The van der Waals surface area contributed by atoms with Gasteiger partial charge in [-0.15, -0.1) is 0 Å². The summed E-state index contributed by atoms with van der Waals surface area (Å²) in [5.41, 5.74) is 1.09. The van der Waals surface area contributed by atoms with E-state index >= 15 is 0 Å². The summed E-state index contributed by atoms with van der Waals surface area (Å²) in [6.45, 7) is 2.73. The van der Waals surface area contributed by atoms with E-state index in [2.05, 4.69) is 0 Å². The summed E-state index contributed by atoms with van der Waals surface area (Å²) >= 11 is 0. The van der Waals surface area contributed by atoms with Crippen LogP contribution in [-0.4, -0.2) is 43.1 Å². The van der Waals surface area contributed by atoms with Gasteiger partial charge in [-0.2, -0.15) is 0 Å². The third-order valence-electron chi connectivity index (χ3n) is 6.92. The van der Waals surface area contributed by atoms with E-state index in [4.69, 9.17) is 18.9 Å². The molecular formula is C33H24F6O6. The Morgan fingerprint density at radius 1 is 0.578 bits per heavy atom. The molecule has 1 fully saturated rings. The number of carbonyl (C=O) groups excluding carboxylic acids is 2. The number of hydrogen-bond acceptors (Lipinski definition) is 6. The molecule has 0 spiro atoms. The topological polar surface area (TPSA) is 71.1 Å². The molecule has 0 aromatic heterocycles. The minimum Gasteiger partial charge on any atom is -0.459 e. The summed E-state index contributed by atoms with van der Waals surface area (Å²) in [6.07, 6.45) is -1.63. The summed E-state index contributed by atoms with van der Waals surface area (Å²) in [5.74, 6) is -11.1. The van der Waals surface area contributed by atoms with Crippen molar-refractivity contribution in [2.45, 2.75) is 31.8 Å². The van der Waals surface area contributed by atoms with Crippen LogP contribution in [0.4, 0.5) is 26.3 Å². The Bertz CT molecular complexity index is 1570. The molecule has 0 amide bonds. The van der Waals surface area contributed by atoms with E-state index in [1.807, 2.05) is 0 Å². The number of carbonyl (C=O) groups is 2. The van der Waals surface area contributed by atoms with Crippen LogP contribution in [0.2, 0.25) is 0 Å². The lowest BCUT2D eigenvalue weighted by atomic mass is 10.0. The van der Waals surface area contributed by atoms with Crippen molar-refractivity contribution in [3.05, 3.63) is 119 Å². The second-order valence-corrected chi connectivity index (χ2v) is 10.6. The summed E-state index contributed by atoms with van der Waals surface area (Å²) in [5, 5.41) is 0. The van der Waals surface area contributed by atoms with E-state index in [1.165, 1.54) is 48.5 Å². The van der Waals surface area contributed by atoms with Crippen molar-refractivity contribution in [1.82, 2.24) is 0 Å². The fourth-order valence-electron chi connectivity index (χ4n) is 4.72. The Morgan fingerprint density at radius 2 is 0.889 bits per heavy atom. The zero-order valence-corrected chi connectivity index (χ0v) is 23.7. The predicted molar refractivity (Wildman–Crippen MR) is 148 cm³/mol. The molecule has 4 aromatic rings. The second-order valence-electron chi connectivity index (χ2n) is 10.6. The van der Waals surface area contributed by atoms with Crippen LogP contribution in [0.1, 0.15) is 34.6 Å². The van der Waals surface area contributed by atoms with Crippen LogP contribution in [0.5, 0.6) is 0 Å². The Balaban J connectivity index is 1.17. The number of ether oxygens (including phenoxy) is 4. The molecule has 0 bridgehead atoms. The summed E-state index contributed by atoms with van der Waals surface area (Å²) in [6, 6.07) is 14.5. The van der Waals surface area contributed by atoms with Gasteiger partial charge in [0.25, 0.3) is 0 Å². The molecule has 45 heavy (non-hydrogen) atoms. The summed E-state index contributed by atoms with van der Waals surface area (Å²) < 4.78 is 103. The van der Waals surface area contributed by atoms with Gasteiger partial charge in [-0.3, -0.25) is 0 Å². The Morgan fingerprint density at radius 3 is 1.20 bits per heavy atom. The van der Waals surface area contributed by atoms with Gasteiger partial charge < -0.3 is 18.9 Å². The van der Waals surface area contributed by atoms with Crippen molar-refractivity contribution in [2.75, 3.05) is 13.2 Å². The molecule has 2 atom stereocenters. The van der Waals surface area contributed by atoms with Gasteiger partial charge in [0.15, 0.2) is 40.7 Å². The molecule has 1 heterocycles. The lowest BCUT2D eigenvalue weighted by molar-refractivity contribution is -0.151. The zero-order chi connectivity index (χ0) is 32.5. The lowest BCUT2D eigenvalue weighted by Crippen LogP contribution is -2.33. The summed E-state index contributed by atoms with van der Waals surface area (Å²) in [4.78, 5) is 25.3. The lowest BCUT2D eigenvalue weighted by Gasteiger charge is -2.17. The van der Waals surface area contributed by atoms with Gasteiger partial charge in [-0.05, 0) is 84.6 Å². The number of rotatable bonds is 8. The van der Waals surface area contributed by atoms with Crippen LogP contribution in [-0.2, 0) is 18.9 Å². The average Bonchev–Trinajstić information content (AvgIpc) is 3.32. The molecule has 1 aliphatic heterocycles. The maximum atomic E-state index is 13.6. The van der Waals surface area contributed by atoms with Gasteiger partial charge in [0.2, 0.25) is 0 Å². The molecule has 12 heteroatoms. The molecule has 0 unspecified atom stereocenters. The molecule has 0 N–H and O–H groups in total. The third kappa shape index (κ3) is 7.18. The highest BCUT2D eigenvalue weighted by molar-refractivity contribution is 5.90. The second kappa shape index (κ2) is 12.7. The van der Waals surface area contributed by atoms with Gasteiger partial charge in [0.1, 0.15) is 25.4 Å². The average molecular weight is 631 g/mol. The molecule has 0 aliphatic carbocycles. The zero-order valence-electron chi connectivity index (χ0n) is 23.7. The van der Waals surface area contributed by atoms with Crippen LogP contribution in [0.15, 0.2) is 72.8 Å². The first-order chi connectivity index (χ1) is 21.3. The molecule has 4 aromatic carbocycles. The minimum absolute atomic E-state index is 0.0806. The maximum Gasteiger partial charge on any atom is 0.338 e. The van der Waals surface area contributed by atoms with Crippen molar-refractivity contribution in [2.24, 2.45) is 0 Å². The fraction of sp³-hybridized carbons (Fsp3) is 0.212. The first-order valence-electron chi connectivity index (χ1n) is 13.5. The molecular weight excluding hydrogens is 606 g/mol. The van der Waals surface area contributed by atoms with Crippen molar-refractivity contribution in [1.29, 1.82) is 0 Å². The van der Waals surface area contributed by atoms with Crippen molar-refractivity contribution in [3.63, 3.8) is 0 Å². The van der Waals surface area contributed by atoms with Crippen LogP contribution >= 0.6 is 0 Å². The quantitative estimate of drug-likeness (QED) is 0.115. The maximum absolute atomic E-state index is 13.6. The van der Waals surface area contributed by atoms with Crippen LogP contribution in [0, 0.1) is 34.9 Å². The highest BCUT2D eigenvalue weighted by Crippen LogP contribution is 2.30. The Kier molecular flexibility index (Phi) is 8.98. The molecule has 6 nitrogen and oxygen atoms in total. The van der Waals surface area contributed by atoms with E-state index in [-0.39, 0.29) is 35.5 Å². The monoisotopic (exact) mass is 630 g/mol. The van der Waals surface area contributed by atoms with Crippen molar-refractivity contribution >= 4 is 11.9 Å². The Hall–Kier alpha value is -4.68. The van der Waals surface area contributed by atoms with E-state index < -0.39 is 64.8 Å². The van der Waals surface area contributed by atoms with Gasteiger partial charge in [-0.25, -0.2) is 35.9 Å². The van der Waals surface area contributed by atoms with Gasteiger partial charge >= 0.3 is 11.9 Å². The van der Waals surface area contributed by atoms with Crippen LogP contribution in [0.25, 0.3) is 22.3 Å². The van der Waals surface area contributed by atoms with E-state index in [0.29, 0.717) is 11.1 Å². The number of esters is 2. The molecule has 5 rings (SSSR count). The molecule has 1 saturated heterocycles. The smallest absolute Gasteiger partial charge is 0.338 e. The van der Waals surface area contributed by atoms with E-state index in [0.717, 1.165) is 24.3 Å². The molecule has 0 saturated carbocycles. The largest absolute Gasteiger partial charge is 0.459 e.